The molecule has 90 valence electrons. The van der Waals surface area contributed by atoms with Crippen molar-refractivity contribution in [3.05, 3.63) is 22.4 Å². The number of benzene rings is 1. The first-order chi connectivity index (χ1) is 7.23. The Kier molecular flexibility index (Phi) is 3.81. The van der Waals surface area contributed by atoms with E-state index >= 15 is 0 Å². The Morgan fingerprint density at radius 3 is 2.38 bits per heavy atom. The van der Waals surface area contributed by atoms with Gasteiger partial charge in [0.05, 0.1) is 4.47 Å². The molecule has 0 saturated heterocycles. The summed E-state index contributed by atoms with van der Waals surface area (Å²) in [5, 5.41) is 4.76. The van der Waals surface area contributed by atoms with Gasteiger partial charge in [-0.25, -0.2) is 17.9 Å². The third-order valence-corrected chi connectivity index (χ3v) is 3.20. The Bertz CT molecular complexity index is 506. The van der Waals surface area contributed by atoms with Crippen LogP contribution in [0.25, 0.3) is 0 Å². The van der Waals surface area contributed by atoms with Crippen molar-refractivity contribution in [1.29, 1.82) is 0 Å². The molecule has 0 spiro atoms. The molecule has 0 atom stereocenters. The zero-order valence-electron chi connectivity index (χ0n) is 7.45. The molecule has 0 bridgehead atoms. The Balaban J connectivity index is 3.45. The monoisotopic (exact) mass is 319 g/mol. The first-order valence-corrected chi connectivity index (χ1v) is 6.03. The predicted octanol–water partition coefficient (Wildman–Crippen LogP) is 1.84. The summed E-state index contributed by atoms with van der Waals surface area (Å²) in [4.78, 5) is -0.721. The van der Waals surface area contributed by atoms with Crippen LogP contribution in [0, 0.1) is 5.82 Å². The second-order valence-corrected chi connectivity index (χ2v) is 4.93. The van der Waals surface area contributed by atoms with Crippen molar-refractivity contribution in [3.8, 4) is 5.75 Å². The van der Waals surface area contributed by atoms with E-state index in [0.717, 1.165) is 12.1 Å². The second kappa shape index (κ2) is 4.60. The van der Waals surface area contributed by atoms with Crippen molar-refractivity contribution < 1.29 is 26.3 Å². The number of hydrogen-bond acceptors (Lipinski definition) is 3. The van der Waals surface area contributed by atoms with Crippen LogP contribution in [0.15, 0.2) is 21.5 Å². The molecule has 0 amide bonds. The van der Waals surface area contributed by atoms with E-state index in [1.165, 1.54) is 0 Å². The van der Waals surface area contributed by atoms with Gasteiger partial charge in [0.25, 0.3) is 0 Å². The first kappa shape index (κ1) is 13.3. The van der Waals surface area contributed by atoms with Crippen molar-refractivity contribution in [2.75, 3.05) is 0 Å². The Morgan fingerprint density at radius 1 is 1.38 bits per heavy atom. The van der Waals surface area contributed by atoms with Gasteiger partial charge in [-0.1, -0.05) is 0 Å². The highest BCUT2D eigenvalue weighted by Gasteiger charge is 2.23. The molecule has 4 nitrogen and oxygen atoms in total. The minimum atomic E-state index is -4.27. The SMILES string of the molecule is NS(=O)(=O)c1ccc(F)c(Br)c1OC(F)F. The fraction of sp³-hybridized carbons (Fsp3) is 0.143. The fourth-order valence-electron chi connectivity index (χ4n) is 0.937. The van der Waals surface area contributed by atoms with Crippen LogP contribution in [0.2, 0.25) is 0 Å². The van der Waals surface area contributed by atoms with E-state index in [1.54, 1.807) is 0 Å². The minimum absolute atomic E-state index is 0.528. The number of primary sulfonamides is 1. The summed E-state index contributed by atoms with van der Waals surface area (Å²) in [6.45, 7) is -3.29. The third-order valence-electron chi connectivity index (χ3n) is 1.53. The molecule has 0 saturated carbocycles. The van der Waals surface area contributed by atoms with Crippen LogP contribution in [0.3, 0.4) is 0 Å². The molecule has 0 radical (unpaired) electrons. The molecule has 0 fully saturated rings. The molecular weight excluding hydrogens is 315 g/mol. The second-order valence-electron chi connectivity index (χ2n) is 2.61. The summed E-state index contributed by atoms with van der Waals surface area (Å²) in [5.74, 6) is -1.79. The van der Waals surface area contributed by atoms with Gasteiger partial charge in [-0.05, 0) is 28.1 Å². The van der Waals surface area contributed by atoms with E-state index in [-0.39, 0.29) is 0 Å². The molecule has 9 heteroatoms. The van der Waals surface area contributed by atoms with Gasteiger partial charge in [-0.2, -0.15) is 8.78 Å². The highest BCUT2D eigenvalue weighted by atomic mass is 79.9. The van der Waals surface area contributed by atoms with Gasteiger partial charge in [0, 0.05) is 0 Å². The Hall–Kier alpha value is -0.800. The molecule has 1 rings (SSSR count). The van der Waals surface area contributed by atoms with E-state index in [4.69, 9.17) is 5.14 Å². The van der Waals surface area contributed by atoms with Crippen LogP contribution in [-0.2, 0) is 10.0 Å². The largest absolute Gasteiger partial charge is 0.432 e. The van der Waals surface area contributed by atoms with Gasteiger partial charge in [0.1, 0.15) is 10.7 Å². The maximum absolute atomic E-state index is 13.0. The average Bonchev–Trinajstić information content (AvgIpc) is 2.10. The normalized spacial score (nSPS) is 11.9. The maximum Gasteiger partial charge on any atom is 0.387 e. The Morgan fingerprint density at radius 2 is 1.94 bits per heavy atom. The molecule has 0 aliphatic heterocycles. The lowest BCUT2D eigenvalue weighted by Gasteiger charge is -2.11. The predicted molar refractivity (Wildman–Crippen MR) is 52.1 cm³/mol. The van der Waals surface area contributed by atoms with Crippen LogP contribution < -0.4 is 9.88 Å². The van der Waals surface area contributed by atoms with Gasteiger partial charge < -0.3 is 4.74 Å². The maximum atomic E-state index is 13.0. The topological polar surface area (TPSA) is 69.4 Å². The number of ether oxygens (including phenoxy) is 1. The van der Waals surface area contributed by atoms with Crippen LogP contribution in [0.1, 0.15) is 0 Å². The highest BCUT2D eigenvalue weighted by molar-refractivity contribution is 9.10. The molecule has 0 unspecified atom stereocenters. The zero-order chi connectivity index (χ0) is 12.5. The molecule has 16 heavy (non-hydrogen) atoms. The fourth-order valence-corrected chi connectivity index (χ4v) is 2.17. The average molecular weight is 320 g/mol. The molecule has 0 aliphatic rings. The summed E-state index contributed by atoms with van der Waals surface area (Å²) in [6.07, 6.45) is 0. The Labute approximate surface area is 97.4 Å². The zero-order valence-corrected chi connectivity index (χ0v) is 9.86. The molecule has 1 aromatic rings. The number of alkyl halides is 2. The first-order valence-electron chi connectivity index (χ1n) is 3.69. The van der Waals surface area contributed by atoms with Gasteiger partial charge in [-0.3, -0.25) is 0 Å². The molecular formula is C7H5BrF3NO3S. The quantitative estimate of drug-likeness (QED) is 0.924. The molecule has 2 N–H and O–H groups in total. The molecule has 0 aliphatic carbocycles. The number of halogens is 4. The highest BCUT2D eigenvalue weighted by Crippen LogP contribution is 2.34. The van der Waals surface area contributed by atoms with Gasteiger partial charge in [-0.15, -0.1) is 0 Å². The van der Waals surface area contributed by atoms with Crippen molar-refractivity contribution in [3.63, 3.8) is 0 Å². The number of sulfonamides is 1. The smallest absolute Gasteiger partial charge is 0.387 e. The lowest BCUT2D eigenvalue weighted by molar-refractivity contribution is -0.0524. The van der Waals surface area contributed by atoms with E-state index in [1.807, 2.05) is 0 Å². The summed E-state index contributed by atoms with van der Waals surface area (Å²) < 4.78 is 62.4. The summed E-state index contributed by atoms with van der Waals surface area (Å²) in [5.41, 5.74) is 0. The van der Waals surface area contributed by atoms with E-state index in [9.17, 15) is 21.6 Å². The van der Waals surface area contributed by atoms with E-state index < -0.39 is 37.6 Å². The summed E-state index contributed by atoms with van der Waals surface area (Å²) >= 11 is 2.60. The van der Waals surface area contributed by atoms with Crippen LogP contribution in [0.5, 0.6) is 5.75 Å². The van der Waals surface area contributed by atoms with Crippen LogP contribution in [0.4, 0.5) is 13.2 Å². The van der Waals surface area contributed by atoms with Crippen molar-refractivity contribution in [1.82, 2.24) is 0 Å². The summed E-state index contributed by atoms with van der Waals surface area (Å²) in [7, 11) is -4.27. The molecule has 1 aromatic carbocycles. The van der Waals surface area contributed by atoms with Crippen molar-refractivity contribution >= 4 is 26.0 Å². The van der Waals surface area contributed by atoms with Gasteiger partial charge >= 0.3 is 6.61 Å². The van der Waals surface area contributed by atoms with Gasteiger partial charge in [0.2, 0.25) is 10.0 Å². The van der Waals surface area contributed by atoms with Crippen LogP contribution >= 0.6 is 15.9 Å². The lowest BCUT2D eigenvalue weighted by atomic mass is 10.3. The lowest BCUT2D eigenvalue weighted by Crippen LogP contribution is -2.16. The van der Waals surface area contributed by atoms with Crippen molar-refractivity contribution in [2.45, 2.75) is 11.5 Å². The summed E-state index contributed by atoms with van der Waals surface area (Å²) in [6, 6.07) is 1.51. The minimum Gasteiger partial charge on any atom is -0.432 e. The number of hydrogen-bond donors (Lipinski definition) is 1. The molecule has 0 heterocycles. The third kappa shape index (κ3) is 2.86. The standard InChI is InChI=1S/C7H5BrF3NO3S/c8-5-3(9)1-2-4(16(12,13)14)6(5)15-7(10)11/h1-2,7H,(H2,12,13,14). The van der Waals surface area contributed by atoms with Gasteiger partial charge in [0.15, 0.2) is 5.75 Å². The number of rotatable bonds is 3. The van der Waals surface area contributed by atoms with E-state index in [0.29, 0.717) is 0 Å². The van der Waals surface area contributed by atoms with E-state index in [2.05, 4.69) is 20.7 Å². The molecule has 0 aromatic heterocycles. The van der Waals surface area contributed by atoms with Crippen LogP contribution in [-0.4, -0.2) is 15.0 Å². The number of nitrogens with two attached hydrogens (primary N) is 1. The van der Waals surface area contributed by atoms with Crippen molar-refractivity contribution in [2.24, 2.45) is 5.14 Å².